The van der Waals surface area contributed by atoms with Crippen LogP contribution in [0.25, 0.3) is 0 Å². The Kier molecular flexibility index (Phi) is 4.73. The highest BCUT2D eigenvalue weighted by atomic mass is 16.5. The minimum Gasteiger partial charge on any atom is -0.475 e. The summed E-state index contributed by atoms with van der Waals surface area (Å²) in [6.07, 6.45) is 4.20. The summed E-state index contributed by atoms with van der Waals surface area (Å²) in [6.45, 7) is 8.77. The largest absolute Gasteiger partial charge is 0.475 e. The van der Waals surface area contributed by atoms with Gasteiger partial charge in [-0.15, -0.1) is 0 Å². The van der Waals surface area contributed by atoms with Crippen LogP contribution in [-0.4, -0.2) is 41.7 Å². The molecule has 1 fully saturated rings. The number of aromatic nitrogens is 2. The van der Waals surface area contributed by atoms with Crippen LogP contribution in [0.5, 0.6) is 5.88 Å². The Morgan fingerprint density at radius 3 is 2.72 bits per heavy atom. The second-order valence-electron chi connectivity index (χ2n) is 8.73. The zero-order valence-electron chi connectivity index (χ0n) is 17.7. The van der Waals surface area contributed by atoms with Crippen molar-refractivity contribution in [1.29, 1.82) is 0 Å². The maximum atomic E-state index is 11.5. The Labute approximate surface area is 171 Å². The molecule has 1 N–H and O–H groups in total. The average Bonchev–Trinajstić information content (AvgIpc) is 3.36. The van der Waals surface area contributed by atoms with Crippen LogP contribution in [-0.2, 0) is 14.9 Å². The van der Waals surface area contributed by atoms with E-state index in [1.54, 1.807) is 7.11 Å². The van der Waals surface area contributed by atoms with Gasteiger partial charge in [0.05, 0.1) is 11.3 Å². The number of carbonyl (C=O) groups excluding carboxylic acids is 1. The number of aryl methyl sites for hydroxylation is 1. The van der Waals surface area contributed by atoms with Gasteiger partial charge in [0.2, 0.25) is 11.8 Å². The van der Waals surface area contributed by atoms with Crippen molar-refractivity contribution < 1.29 is 14.3 Å². The predicted molar refractivity (Wildman–Crippen MR) is 112 cm³/mol. The number of nitrogens with one attached hydrogen (secondary N) is 1. The normalized spacial score (nSPS) is 16.7. The highest BCUT2D eigenvalue weighted by Crippen LogP contribution is 2.58. The number of fused-ring (bicyclic) bond motifs is 2. The molecule has 2 aromatic heterocycles. The molecule has 0 aromatic carbocycles. The third-order valence-corrected chi connectivity index (χ3v) is 5.69. The van der Waals surface area contributed by atoms with E-state index in [2.05, 4.69) is 21.3 Å². The summed E-state index contributed by atoms with van der Waals surface area (Å²) in [6, 6.07) is 5.95. The third kappa shape index (κ3) is 3.92. The van der Waals surface area contributed by atoms with Gasteiger partial charge in [-0.05, 0) is 45.2 Å². The molecule has 0 unspecified atom stereocenters. The summed E-state index contributed by atoms with van der Waals surface area (Å²) in [5.74, 6) is 1.86. The first-order valence-corrected chi connectivity index (χ1v) is 9.94. The summed E-state index contributed by atoms with van der Waals surface area (Å²) >= 11 is 0. The topological polar surface area (TPSA) is 76.6 Å². The standard InChI is InChI=1S/C22H28N4O3/c1-14-8-19(25-20(9-14)29-13-21(3,4)28-5)26-12-22(6-7-22)16-11-23-18(10-17(16)26)24-15(2)27/h8-11H,6-7,12-13H2,1-5H3,(H,23,24,27). The van der Waals surface area contributed by atoms with Crippen molar-refractivity contribution in [1.82, 2.24) is 9.97 Å². The lowest BCUT2D eigenvalue weighted by Crippen LogP contribution is -2.31. The van der Waals surface area contributed by atoms with E-state index in [9.17, 15) is 4.79 Å². The molecule has 7 heteroatoms. The fourth-order valence-corrected chi connectivity index (χ4v) is 3.72. The molecule has 1 amide bonds. The predicted octanol–water partition coefficient (Wildman–Crippen LogP) is 3.73. The Bertz CT molecular complexity index is 953. The van der Waals surface area contributed by atoms with E-state index in [0.29, 0.717) is 18.3 Å². The van der Waals surface area contributed by atoms with Crippen LogP contribution in [0, 0.1) is 6.92 Å². The Hall–Kier alpha value is -2.67. The van der Waals surface area contributed by atoms with Crippen LogP contribution in [0.1, 0.15) is 44.7 Å². The highest BCUT2D eigenvalue weighted by molar-refractivity contribution is 5.89. The molecular weight excluding hydrogens is 368 g/mol. The average molecular weight is 396 g/mol. The van der Waals surface area contributed by atoms with E-state index in [4.69, 9.17) is 14.5 Å². The molecule has 1 saturated carbocycles. The van der Waals surface area contributed by atoms with Crippen molar-refractivity contribution in [3.8, 4) is 5.88 Å². The van der Waals surface area contributed by atoms with Crippen LogP contribution in [0.3, 0.4) is 0 Å². The molecule has 1 aliphatic heterocycles. The molecule has 1 spiro atoms. The zero-order chi connectivity index (χ0) is 20.8. The fraction of sp³-hybridized carbons (Fsp3) is 0.500. The molecule has 0 saturated heterocycles. The first-order valence-electron chi connectivity index (χ1n) is 9.94. The van der Waals surface area contributed by atoms with Crippen molar-refractivity contribution in [3.05, 3.63) is 35.5 Å². The highest BCUT2D eigenvalue weighted by Gasteiger charge is 2.52. The summed E-state index contributed by atoms with van der Waals surface area (Å²) in [5, 5.41) is 2.78. The van der Waals surface area contributed by atoms with Crippen LogP contribution < -0.4 is 15.0 Å². The maximum absolute atomic E-state index is 11.5. The monoisotopic (exact) mass is 396 g/mol. The summed E-state index contributed by atoms with van der Waals surface area (Å²) in [7, 11) is 1.68. The molecular formula is C22H28N4O3. The second kappa shape index (κ2) is 6.99. The number of pyridine rings is 2. The number of hydrogen-bond donors (Lipinski definition) is 1. The Morgan fingerprint density at radius 1 is 1.31 bits per heavy atom. The molecule has 3 heterocycles. The van der Waals surface area contributed by atoms with Gasteiger partial charge in [0, 0.05) is 49.9 Å². The number of hydrogen-bond acceptors (Lipinski definition) is 6. The second-order valence-corrected chi connectivity index (χ2v) is 8.73. The zero-order valence-corrected chi connectivity index (χ0v) is 17.7. The Balaban J connectivity index is 1.66. The molecule has 2 aliphatic rings. The first kappa shape index (κ1) is 19.6. The van der Waals surface area contributed by atoms with Crippen molar-refractivity contribution in [2.45, 2.75) is 51.6 Å². The van der Waals surface area contributed by atoms with Crippen molar-refractivity contribution >= 4 is 23.2 Å². The maximum Gasteiger partial charge on any atom is 0.222 e. The molecule has 2 aromatic rings. The molecule has 0 atom stereocenters. The van der Waals surface area contributed by atoms with Gasteiger partial charge < -0.3 is 19.7 Å². The lowest BCUT2D eigenvalue weighted by Gasteiger charge is -2.24. The minimum absolute atomic E-state index is 0.131. The molecule has 4 rings (SSSR count). The SMILES string of the molecule is COC(C)(C)COc1cc(C)cc(N2CC3(CC3)c3cnc(NC(C)=O)cc32)n1. The summed E-state index contributed by atoms with van der Waals surface area (Å²) < 4.78 is 11.4. The van der Waals surface area contributed by atoms with E-state index in [1.165, 1.54) is 12.5 Å². The number of nitrogens with zero attached hydrogens (tertiary/aromatic N) is 3. The van der Waals surface area contributed by atoms with Gasteiger partial charge in [0.1, 0.15) is 18.2 Å². The van der Waals surface area contributed by atoms with Crippen LogP contribution >= 0.6 is 0 Å². The van der Waals surface area contributed by atoms with Crippen molar-refractivity contribution in [2.24, 2.45) is 0 Å². The van der Waals surface area contributed by atoms with Crippen LogP contribution in [0.4, 0.5) is 17.3 Å². The van der Waals surface area contributed by atoms with Gasteiger partial charge in [-0.1, -0.05) is 0 Å². The summed E-state index contributed by atoms with van der Waals surface area (Å²) in [4.78, 5) is 22.9. The number of ether oxygens (including phenoxy) is 2. The van der Waals surface area contributed by atoms with E-state index in [0.717, 1.165) is 36.5 Å². The van der Waals surface area contributed by atoms with Crippen LogP contribution in [0.2, 0.25) is 0 Å². The lowest BCUT2D eigenvalue weighted by atomic mass is 10.0. The number of carbonyl (C=O) groups is 1. The summed E-state index contributed by atoms with van der Waals surface area (Å²) in [5.41, 5.74) is 3.14. The number of amides is 1. The van der Waals surface area contributed by atoms with Gasteiger partial charge in [-0.25, -0.2) is 4.98 Å². The number of methoxy groups -OCH3 is 1. The Morgan fingerprint density at radius 2 is 2.07 bits per heavy atom. The molecule has 1 aliphatic carbocycles. The van der Waals surface area contributed by atoms with Crippen molar-refractivity contribution in [2.75, 3.05) is 30.5 Å². The lowest BCUT2D eigenvalue weighted by molar-refractivity contribution is -0.114. The van der Waals surface area contributed by atoms with E-state index < -0.39 is 0 Å². The molecule has 0 radical (unpaired) electrons. The molecule has 154 valence electrons. The van der Waals surface area contributed by atoms with Crippen LogP contribution in [0.15, 0.2) is 24.4 Å². The fourth-order valence-electron chi connectivity index (χ4n) is 3.72. The molecule has 0 bridgehead atoms. The van der Waals surface area contributed by atoms with E-state index >= 15 is 0 Å². The van der Waals surface area contributed by atoms with E-state index in [-0.39, 0.29) is 16.9 Å². The van der Waals surface area contributed by atoms with Crippen molar-refractivity contribution in [3.63, 3.8) is 0 Å². The third-order valence-electron chi connectivity index (χ3n) is 5.69. The smallest absolute Gasteiger partial charge is 0.222 e. The van der Waals surface area contributed by atoms with Gasteiger partial charge >= 0.3 is 0 Å². The van der Waals surface area contributed by atoms with Gasteiger partial charge in [0.15, 0.2) is 0 Å². The van der Waals surface area contributed by atoms with Gasteiger partial charge in [-0.3, -0.25) is 4.79 Å². The number of anilines is 3. The minimum atomic E-state index is -0.386. The first-order chi connectivity index (χ1) is 13.7. The van der Waals surface area contributed by atoms with Gasteiger partial charge in [0.25, 0.3) is 0 Å². The molecule has 7 nitrogen and oxygen atoms in total. The van der Waals surface area contributed by atoms with E-state index in [1.807, 2.05) is 39.1 Å². The van der Waals surface area contributed by atoms with Gasteiger partial charge in [-0.2, -0.15) is 4.98 Å². The molecule has 29 heavy (non-hydrogen) atoms. The quantitative estimate of drug-likeness (QED) is 0.802. The number of rotatable bonds is 6.